The standard InChI is InChI=1S/C22H23NO7/c1-6-29-13-7-8-17-15(9-13)20(12(2)30-17)21(24)23-16-11-19(27-4)18(26-3)10-14(16)22(25)28-5/h7-11H,6H2,1-5H3,(H,23,24). The highest BCUT2D eigenvalue weighted by Crippen LogP contribution is 2.35. The first kappa shape index (κ1) is 21.0. The number of hydrogen-bond acceptors (Lipinski definition) is 7. The van der Waals surface area contributed by atoms with Crippen LogP contribution in [0.4, 0.5) is 5.69 Å². The summed E-state index contributed by atoms with van der Waals surface area (Å²) in [5, 5.41) is 3.37. The van der Waals surface area contributed by atoms with E-state index in [1.165, 1.54) is 33.5 Å². The molecular weight excluding hydrogens is 390 g/mol. The Morgan fingerprint density at radius 2 is 1.73 bits per heavy atom. The first-order valence-electron chi connectivity index (χ1n) is 9.25. The third-order valence-corrected chi connectivity index (χ3v) is 4.55. The Bertz CT molecular complexity index is 1100. The molecule has 1 amide bonds. The third kappa shape index (κ3) is 3.89. The minimum atomic E-state index is -0.626. The zero-order valence-electron chi connectivity index (χ0n) is 17.5. The molecule has 158 valence electrons. The quantitative estimate of drug-likeness (QED) is 0.580. The SMILES string of the molecule is CCOc1ccc2oc(C)c(C(=O)Nc3cc(OC)c(OC)cc3C(=O)OC)c2c1. The summed E-state index contributed by atoms with van der Waals surface area (Å²) in [4.78, 5) is 25.4. The van der Waals surface area contributed by atoms with Gasteiger partial charge in [0.15, 0.2) is 11.5 Å². The lowest BCUT2D eigenvalue weighted by Crippen LogP contribution is -2.16. The average Bonchev–Trinajstić information content (AvgIpc) is 3.08. The number of amides is 1. The molecule has 0 aliphatic rings. The fourth-order valence-corrected chi connectivity index (χ4v) is 3.18. The van der Waals surface area contributed by atoms with E-state index in [1.54, 1.807) is 25.1 Å². The highest BCUT2D eigenvalue weighted by molar-refractivity contribution is 6.15. The molecule has 2 aromatic carbocycles. The molecule has 0 fully saturated rings. The molecule has 3 rings (SSSR count). The molecule has 0 unspecified atom stereocenters. The van der Waals surface area contributed by atoms with Gasteiger partial charge in [0.05, 0.1) is 44.8 Å². The minimum absolute atomic E-state index is 0.129. The largest absolute Gasteiger partial charge is 0.494 e. The summed E-state index contributed by atoms with van der Waals surface area (Å²) in [6.07, 6.45) is 0. The normalized spacial score (nSPS) is 10.6. The number of aryl methyl sites for hydroxylation is 1. The van der Waals surface area contributed by atoms with Crippen molar-refractivity contribution < 1.29 is 33.0 Å². The second-order valence-electron chi connectivity index (χ2n) is 6.32. The molecule has 8 nitrogen and oxygen atoms in total. The Morgan fingerprint density at radius 3 is 2.37 bits per heavy atom. The highest BCUT2D eigenvalue weighted by Gasteiger charge is 2.23. The molecule has 0 spiro atoms. The lowest BCUT2D eigenvalue weighted by Gasteiger charge is -2.14. The van der Waals surface area contributed by atoms with Crippen LogP contribution in [-0.2, 0) is 4.74 Å². The van der Waals surface area contributed by atoms with E-state index in [0.717, 1.165) is 0 Å². The van der Waals surface area contributed by atoms with Crippen LogP contribution in [0, 0.1) is 6.92 Å². The van der Waals surface area contributed by atoms with E-state index in [4.69, 9.17) is 23.4 Å². The van der Waals surface area contributed by atoms with Gasteiger partial charge in [-0.2, -0.15) is 0 Å². The van der Waals surface area contributed by atoms with Gasteiger partial charge in [-0.25, -0.2) is 4.79 Å². The molecule has 0 aliphatic heterocycles. The van der Waals surface area contributed by atoms with E-state index in [1.807, 2.05) is 6.92 Å². The number of nitrogens with one attached hydrogen (secondary N) is 1. The molecule has 30 heavy (non-hydrogen) atoms. The van der Waals surface area contributed by atoms with Gasteiger partial charge in [0, 0.05) is 17.5 Å². The first-order valence-corrected chi connectivity index (χ1v) is 9.25. The number of anilines is 1. The van der Waals surface area contributed by atoms with Crippen molar-refractivity contribution in [3.63, 3.8) is 0 Å². The van der Waals surface area contributed by atoms with Crippen LogP contribution < -0.4 is 19.5 Å². The summed E-state index contributed by atoms with van der Waals surface area (Å²) in [5.41, 5.74) is 1.25. The topological polar surface area (TPSA) is 96.2 Å². The maximum absolute atomic E-state index is 13.2. The van der Waals surface area contributed by atoms with Crippen LogP contribution in [-0.4, -0.2) is 39.8 Å². The zero-order valence-corrected chi connectivity index (χ0v) is 17.5. The van der Waals surface area contributed by atoms with E-state index in [0.29, 0.717) is 46.1 Å². The van der Waals surface area contributed by atoms with Crippen molar-refractivity contribution in [2.24, 2.45) is 0 Å². The summed E-state index contributed by atoms with van der Waals surface area (Å²) >= 11 is 0. The van der Waals surface area contributed by atoms with Crippen LogP contribution in [0.3, 0.4) is 0 Å². The van der Waals surface area contributed by atoms with Crippen molar-refractivity contribution in [1.29, 1.82) is 0 Å². The van der Waals surface area contributed by atoms with Crippen molar-refractivity contribution >= 4 is 28.5 Å². The minimum Gasteiger partial charge on any atom is -0.494 e. The summed E-state index contributed by atoms with van der Waals surface area (Å²) in [6.45, 7) is 4.08. The van der Waals surface area contributed by atoms with Gasteiger partial charge in [-0.15, -0.1) is 0 Å². The first-order chi connectivity index (χ1) is 14.4. The lowest BCUT2D eigenvalue weighted by atomic mass is 10.1. The van der Waals surface area contributed by atoms with Gasteiger partial charge in [0.2, 0.25) is 0 Å². The molecule has 3 aromatic rings. The summed E-state index contributed by atoms with van der Waals surface area (Å²) in [7, 11) is 4.17. The Morgan fingerprint density at radius 1 is 1.03 bits per heavy atom. The third-order valence-electron chi connectivity index (χ3n) is 4.55. The summed E-state index contributed by atoms with van der Waals surface area (Å²) < 4.78 is 26.6. The van der Waals surface area contributed by atoms with E-state index in [-0.39, 0.29) is 11.3 Å². The van der Waals surface area contributed by atoms with Crippen molar-refractivity contribution in [2.75, 3.05) is 33.3 Å². The van der Waals surface area contributed by atoms with Crippen LogP contribution >= 0.6 is 0 Å². The number of benzene rings is 2. The number of fused-ring (bicyclic) bond motifs is 1. The second kappa shape index (κ2) is 8.77. The number of methoxy groups -OCH3 is 3. The maximum Gasteiger partial charge on any atom is 0.340 e. The van der Waals surface area contributed by atoms with Crippen molar-refractivity contribution in [1.82, 2.24) is 0 Å². The van der Waals surface area contributed by atoms with Gasteiger partial charge in [0.1, 0.15) is 17.1 Å². The van der Waals surface area contributed by atoms with E-state index >= 15 is 0 Å². The average molecular weight is 413 g/mol. The monoisotopic (exact) mass is 413 g/mol. The van der Waals surface area contributed by atoms with Crippen LogP contribution in [0.2, 0.25) is 0 Å². The van der Waals surface area contributed by atoms with E-state index < -0.39 is 11.9 Å². The lowest BCUT2D eigenvalue weighted by molar-refractivity contribution is 0.0601. The molecular formula is C22H23NO7. The Kier molecular flexibility index (Phi) is 6.15. The number of furan rings is 1. The number of carbonyl (C=O) groups excluding carboxylic acids is 2. The van der Waals surface area contributed by atoms with Crippen molar-refractivity contribution in [2.45, 2.75) is 13.8 Å². The Balaban J connectivity index is 2.06. The number of carbonyl (C=O) groups is 2. The van der Waals surface area contributed by atoms with Crippen LogP contribution in [0.25, 0.3) is 11.0 Å². The maximum atomic E-state index is 13.2. The van der Waals surface area contributed by atoms with Gasteiger partial charge < -0.3 is 28.7 Å². The number of ether oxygens (including phenoxy) is 4. The Hall–Kier alpha value is -3.68. The molecule has 0 aliphatic carbocycles. The van der Waals surface area contributed by atoms with Gasteiger partial charge in [0.25, 0.3) is 5.91 Å². The van der Waals surface area contributed by atoms with Crippen LogP contribution in [0.5, 0.6) is 17.2 Å². The number of rotatable bonds is 7. The molecule has 8 heteroatoms. The molecule has 1 N–H and O–H groups in total. The van der Waals surface area contributed by atoms with Gasteiger partial charge in [-0.3, -0.25) is 4.79 Å². The highest BCUT2D eigenvalue weighted by atomic mass is 16.5. The molecule has 1 aromatic heterocycles. The predicted molar refractivity (Wildman–Crippen MR) is 111 cm³/mol. The zero-order chi connectivity index (χ0) is 21.8. The van der Waals surface area contributed by atoms with Gasteiger partial charge in [-0.05, 0) is 32.0 Å². The van der Waals surface area contributed by atoms with Crippen molar-refractivity contribution in [3.05, 3.63) is 47.2 Å². The van der Waals surface area contributed by atoms with E-state index in [9.17, 15) is 9.59 Å². The van der Waals surface area contributed by atoms with Crippen LogP contribution in [0.1, 0.15) is 33.4 Å². The summed E-state index contributed by atoms with van der Waals surface area (Å²) in [5.74, 6) is 0.684. The van der Waals surface area contributed by atoms with Crippen molar-refractivity contribution in [3.8, 4) is 17.2 Å². The smallest absolute Gasteiger partial charge is 0.340 e. The number of esters is 1. The molecule has 1 heterocycles. The molecule has 0 radical (unpaired) electrons. The fraction of sp³-hybridized carbons (Fsp3) is 0.273. The Labute approximate surface area is 173 Å². The number of hydrogen-bond donors (Lipinski definition) is 1. The second-order valence-corrected chi connectivity index (χ2v) is 6.32. The molecule has 0 atom stereocenters. The summed E-state index contributed by atoms with van der Waals surface area (Å²) in [6, 6.07) is 8.24. The molecule has 0 saturated carbocycles. The van der Waals surface area contributed by atoms with Gasteiger partial charge in [-0.1, -0.05) is 0 Å². The molecule has 0 bridgehead atoms. The van der Waals surface area contributed by atoms with Crippen LogP contribution in [0.15, 0.2) is 34.7 Å². The van der Waals surface area contributed by atoms with E-state index in [2.05, 4.69) is 5.32 Å². The fourth-order valence-electron chi connectivity index (χ4n) is 3.18. The van der Waals surface area contributed by atoms with Gasteiger partial charge >= 0.3 is 5.97 Å². The molecule has 0 saturated heterocycles. The predicted octanol–water partition coefficient (Wildman–Crippen LogP) is 4.20.